The van der Waals surface area contributed by atoms with Crippen LogP contribution in [0.5, 0.6) is 0 Å². The van der Waals surface area contributed by atoms with E-state index in [9.17, 15) is 18.0 Å². The zero-order chi connectivity index (χ0) is 14.2. The van der Waals surface area contributed by atoms with E-state index in [1.165, 1.54) is 0 Å². The molecule has 2 unspecified atom stereocenters. The van der Waals surface area contributed by atoms with Crippen LogP contribution in [0.1, 0.15) is 13.3 Å². The van der Waals surface area contributed by atoms with Crippen molar-refractivity contribution >= 4 is 22.1 Å². The molecule has 7 N–H and O–H groups in total. The summed E-state index contributed by atoms with van der Waals surface area (Å²) in [4.78, 5) is 20.0. The number of hydrogen-bond donors (Lipinski definition) is 5. The van der Waals surface area contributed by atoms with Gasteiger partial charge >= 0.3 is 11.9 Å². The topological polar surface area (TPSA) is 181 Å². The van der Waals surface area contributed by atoms with E-state index in [0.29, 0.717) is 6.54 Å². The van der Waals surface area contributed by atoms with E-state index in [1.807, 2.05) is 6.92 Å². The Bertz CT molecular complexity index is 351. The van der Waals surface area contributed by atoms with Crippen molar-refractivity contribution in [3.8, 4) is 0 Å². The first-order valence-electron chi connectivity index (χ1n) is 4.38. The molecule has 102 valence electrons. The highest BCUT2D eigenvalue weighted by molar-refractivity contribution is 7.87. The smallest absolute Gasteiger partial charge is 0.325 e. The zero-order valence-electron chi connectivity index (χ0n) is 9.11. The van der Waals surface area contributed by atoms with Crippen molar-refractivity contribution in [1.82, 2.24) is 0 Å². The number of aliphatic carboxylic acids is 2. The number of rotatable bonds is 5. The highest BCUT2D eigenvalue weighted by Crippen LogP contribution is 2.04. The molecule has 2 atom stereocenters. The highest BCUT2D eigenvalue weighted by Gasteiger charge is 2.33. The lowest BCUT2D eigenvalue weighted by Crippen LogP contribution is -2.31. The quantitative estimate of drug-likeness (QED) is 0.357. The van der Waals surface area contributed by atoms with E-state index in [-0.39, 0.29) is 6.04 Å². The molecule has 0 amide bonds. The predicted molar refractivity (Wildman–Crippen MR) is 57.9 cm³/mol. The molecule has 0 aromatic rings. The monoisotopic (exact) mass is 272 g/mol. The molecule has 0 saturated carbocycles. The minimum absolute atomic E-state index is 0.162. The molecule has 0 aliphatic carbocycles. The fraction of sp³-hybridized carbons (Fsp3) is 0.714. The maximum atomic E-state index is 10.2. The van der Waals surface area contributed by atoms with E-state index < -0.39 is 33.7 Å². The van der Waals surface area contributed by atoms with Crippen LogP contribution < -0.4 is 11.5 Å². The van der Waals surface area contributed by atoms with Crippen molar-refractivity contribution in [2.45, 2.75) is 24.6 Å². The molecule has 0 spiro atoms. The second-order valence-corrected chi connectivity index (χ2v) is 4.75. The van der Waals surface area contributed by atoms with Crippen LogP contribution in [-0.4, -0.2) is 53.0 Å². The molecule has 10 heteroatoms. The molecule has 9 nitrogen and oxygen atoms in total. The maximum Gasteiger partial charge on any atom is 0.325 e. The van der Waals surface area contributed by atoms with Crippen LogP contribution in [0.25, 0.3) is 0 Å². The molecule has 0 aromatic heterocycles. The lowest BCUT2D eigenvalue weighted by molar-refractivity contribution is -0.143. The molecular weight excluding hydrogens is 256 g/mol. The molecular formula is C7H16N2O7S. The molecule has 0 radical (unpaired) electrons. The van der Waals surface area contributed by atoms with E-state index in [4.69, 9.17) is 26.2 Å². The predicted octanol–water partition coefficient (Wildman–Crippen LogP) is -1.91. The van der Waals surface area contributed by atoms with Gasteiger partial charge < -0.3 is 21.7 Å². The molecule has 0 fully saturated rings. The third-order valence-electron chi connectivity index (χ3n) is 1.37. The second kappa shape index (κ2) is 7.95. The Labute approximate surface area is 98.2 Å². The maximum absolute atomic E-state index is 10.2. The number of carboxylic acid groups (broad SMARTS) is 2. The largest absolute Gasteiger partial charge is 0.481 e. The number of carboxylic acids is 2. The van der Waals surface area contributed by atoms with Gasteiger partial charge in [-0.3, -0.25) is 14.1 Å². The fourth-order valence-corrected chi connectivity index (χ4v) is 1.09. The summed E-state index contributed by atoms with van der Waals surface area (Å²) in [5.41, 5.74) is 10.2. The van der Waals surface area contributed by atoms with E-state index in [0.717, 1.165) is 0 Å². The lowest BCUT2D eigenvalue weighted by atomic mass is 10.3. The van der Waals surface area contributed by atoms with Crippen LogP contribution in [0.2, 0.25) is 0 Å². The number of hydrogen-bond acceptors (Lipinski definition) is 6. The summed E-state index contributed by atoms with van der Waals surface area (Å²) >= 11 is 0. The van der Waals surface area contributed by atoms with Crippen molar-refractivity contribution in [3.63, 3.8) is 0 Å². The van der Waals surface area contributed by atoms with Gasteiger partial charge in [0.05, 0.1) is 6.42 Å². The van der Waals surface area contributed by atoms with Crippen molar-refractivity contribution in [2.24, 2.45) is 11.5 Å². The van der Waals surface area contributed by atoms with Gasteiger partial charge in [0.25, 0.3) is 10.1 Å². The van der Waals surface area contributed by atoms with Crippen molar-refractivity contribution in [2.75, 3.05) is 6.54 Å². The summed E-state index contributed by atoms with van der Waals surface area (Å²) < 4.78 is 28.7. The molecule has 0 aromatic carbocycles. The van der Waals surface area contributed by atoms with Gasteiger partial charge in [-0.05, 0) is 6.92 Å². The Balaban J connectivity index is 0. The Hall–Kier alpha value is -1.23. The minimum atomic E-state index is -4.84. The SMILES string of the molecule is CC(N)CN.O=C(O)CC(C(=O)O)S(=O)(=O)O. The van der Waals surface area contributed by atoms with Gasteiger partial charge in [-0.25, -0.2) is 0 Å². The molecule has 17 heavy (non-hydrogen) atoms. The zero-order valence-corrected chi connectivity index (χ0v) is 9.92. The molecule has 0 saturated heterocycles. The van der Waals surface area contributed by atoms with Crippen LogP contribution in [0, 0.1) is 0 Å². The Morgan fingerprint density at radius 3 is 1.71 bits per heavy atom. The number of nitrogens with two attached hydrogens (primary N) is 2. The standard InChI is InChI=1S/C4H6O7S.C3H10N2/c5-3(6)1-2(4(7)8)12(9,10)11;1-3(5)2-4/h2H,1H2,(H,5,6)(H,7,8)(H,9,10,11);3H,2,4-5H2,1H3. The summed E-state index contributed by atoms with van der Waals surface area (Å²) in [5.74, 6) is -3.50. The summed E-state index contributed by atoms with van der Waals surface area (Å²) in [6, 6.07) is 0.162. The molecule has 0 rings (SSSR count). The summed E-state index contributed by atoms with van der Waals surface area (Å²) in [7, 11) is -4.84. The third-order valence-corrected chi connectivity index (χ3v) is 2.45. The van der Waals surface area contributed by atoms with Crippen molar-refractivity contribution in [3.05, 3.63) is 0 Å². The molecule has 0 bridgehead atoms. The van der Waals surface area contributed by atoms with Gasteiger partial charge in [0, 0.05) is 12.6 Å². The Morgan fingerprint density at radius 1 is 1.29 bits per heavy atom. The first-order valence-corrected chi connectivity index (χ1v) is 5.89. The average molecular weight is 272 g/mol. The van der Waals surface area contributed by atoms with Gasteiger partial charge in [-0.15, -0.1) is 0 Å². The van der Waals surface area contributed by atoms with Crippen LogP contribution in [-0.2, 0) is 19.7 Å². The molecule has 0 heterocycles. The first-order chi connectivity index (χ1) is 7.52. The minimum Gasteiger partial charge on any atom is -0.481 e. The van der Waals surface area contributed by atoms with Crippen LogP contribution in [0.3, 0.4) is 0 Å². The van der Waals surface area contributed by atoms with Gasteiger partial charge in [0.2, 0.25) is 0 Å². The van der Waals surface area contributed by atoms with E-state index >= 15 is 0 Å². The number of carbonyl (C=O) groups is 2. The van der Waals surface area contributed by atoms with Crippen LogP contribution >= 0.6 is 0 Å². The van der Waals surface area contributed by atoms with Crippen molar-refractivity contribution < 1.29 is 32.8 Å². The van der Waals surface area contributed by atoms with Crippen molar-refractivity contribution in [1.29, 1.82) is 0 Å². The summed E-state index contributed by atoms with van der Waals surface area (Å²) in [5, 5.41) is 13.9. The third kappa shape index (κ3) is 11.0. The molecule has 0 aliphatic rings. The average Bonchev–Trinajstić information content (AvgIpc) is 2.12. The van der Waals surface area contributed by atoms with E-state index in [1.54, 1.807) is 0 Å². The summed E-state index contributed by atoms with van der Waals surface area (Å²) in [6.07, 6.45) is -1.16. The molecule has 0 aliphatic heterocycles. The van der Waals surface area contributed by atoms with Gasteiger partial charge in [-0.1, -0.05) is 0 Å². The lowest BCUT2D eigenvalue weighted by Gasteiger charge is -2.04. The summed E-state index contributed by atoms with van der Waals surface area (Å²) in [6.45, 7) is 2.46. The van der Waals surface area contributed by atoms with Crippen LogP contribution in [0.4, 0.5) is 0 Å². The highest BCUT2D eigenvalue weighted by atomic mass is 32.2. The van der Waals surface area contributed by atoms with Gasteiger partial charge in [0.15, 0.2) is 5.25 Å². The van der Waals surface area contributed by atoms with E-state index in [2.05, 4.69) is 0 Å². The second-order valence-electron chi connectivity index (χ2n) is 3.15. The Kier molecular flexibility index (Phi) is 8.48. The van der Waals surface area contributed by atoms with Gasteiger partial charge in [0.1, 0.15) is 0 Å². The van der Waals surface area contributed by atoms with Crippen LogP contribution in [0.15, 0.2) is 0 Å². The first kappa shape index (κ1) is 18.1. The Morgan fingerprint density at radius 2 is 1.65 bits per heavy atom. The normalized spacial score (nSPS) is 14.1. The van der Waals surface area contributed by atoms with Gasteiger partial charge in [-0.2, -0.15) is 8.42 Å². The fourth-order valence-electron chi connectivity index (χ4n) is 0.479.